The zero-order chi connectivity index (χ0) is 21.6. The van der Waals surface area contributed by atoms with Crippen LogP contribution in [0.25, 0.3) is 10.6 Å². The summed E-state index contributed by atoms with van der Waals surface area (Å²) in [7, 11) is -3.53. The lowest BCUT2D eigenvalue weighted by atomic mass is 10.2. The summed E-state index contributed by atoms with van der Waals surface area (Å²) < 4.78 is 44.4. The molecule has 0 bridgehead atoms. The highest BCUT2D eigenvalue weighted by Crippen LogP contribution is 2.35. The van der Waals surface area contributed by atoms with E-state index in [4.69, 9.17) is 14.0 Å². The topological polar surface area (TPSA) is 85.1 Å². The van der Waals surface area contributed by atoms with Crippen molar-refractivity contribution in [1.82, 2.24) is 14.4 Å². The number of aryl methyl sites for hydroxylation is 1. The molecule has 3 aromatic rings. The van der Waals surface area contributed by atoms with Crippen molar-refractivity contribution >= 4 is 33.8 Å². The van der Waals surface area contributed by atoms with Crippen LogP contribution in [-0.2, 0) is 16.6 Å². The first kappa shape index (κ1) is 23.1. The van der Waals surface area contributed by atoms with Gasteiger partial charge in [-0.25, -0.2) is 8.42 Å². The molecule has 1 aromatic carbocycles. The average molecular weight is 498 g/mol. The molecule has 0 saturated carbocycles. The van der Waals surface area contributed by atoms with Crippen LogP contribution in [0, 0.1) is 13.8 Å². The maximum atomic E-state index is 13.2. The number of piperazine rings is 1. The highest BCUT2D eigenvalue weighted by molar-refractivity contribution is 7.91. The molecule has 32 heavy (non-hydrogen) atoms. The Morgan fingerprint density at radius 1 is 1.03 bits per heavy atom. The smallest absolute Gasteiger partial charge is 0.252 e. The molecule has 2 aromatic heterocycles. The second kappa shape index (κ2) is 9.03. The molecule has 11 heteroatoms. The van der Waals surface area contributed by atoms with Gasteiger partial charge in [-0.15, -0.1) is 23.7 Å². The monoisotopic (exact) mass is 497 g/mol. The Morgan fingerprint density at radius 3 is 2.50 bits per heavy atom. The van der Waals surface area contributed by atoms with E-state index in [0.29, 0.717) is 36.1 Å². The summed E-state index contributed by atoms with van der Waals surface area (Å²) in [5.74, 6) is 2.17. The number of hydrogen-bond acceptors (Lipinski definition) is 8. The van der Waals surface area contributed by atoms with E-state index in [1.807, 2.05) is 32.0 Å². The number of halogens is 1. The molecule has 2 aliphatic heterocycles. The van der Waals surface area contributed by atoms with Crippen LogP contribution in [0.3, 0.4) is 0 Å². The fourth-order valence-corrected chi connectivity index (χ4v) is 6.70. The fraction of sp³-hybridized carbons (Fsp3) is 0.381. The maximum absolute atomic E-state index is 13.2. The van der Waals surface area contributed by atoms with Gasteiger partial charge in [0.05, 0.1) is 10.6 Å². The maximum Gasteiger partial charge on any atom is 0.252 e. The number of aromatic nitrogens is 1. The van der Waals surface area contributed by atoms with Gasteiger partial charge in [-0.1, -0.05) is 11.2 Å². The molecule has 0 radical (unpaired) electrons. The molecule has 0 unspecified atom stereocenters. The van der Waals surface area contributed by atoms with Crippen LogP contribution < -0.4 is 9.47 Å². The molecule has 0 spiro atoms. The molecule has 1 fully saturated rings. The molecular weight excluding hydrogens is 474 g/mol. The first-order valence-electron chi connectivity index (χ1n) is 10.1. The minimum atomic E-state index is -3.53. The molecule has 0 aliphatic carbocycles. The van der Waals surface area contributed by atoms with E-state index in [2.05, 4.69) is 10.1 Å². The Labute approximate surface area is 197 Å². The lowest BCUT2D eigenvalue weighted by Crippen LogP contribution is -2.48. The standard InChI is InChI=1S/C21H23N3O5S2.ClH/c1-14-15(2)22-29-21(14)19-5-6-20(30-19)31(25,26)24-9-7-23(8-10-24)12-16-3-4-17-18(11-16)28-13-27-17;/h3-6,11H,7-10,12-13H2,1-2H3;1H. The van der Waals surface area contributed by atoms with Crippen molar-refractivity contribution in [3.63, 3.8) is 0 Å². The zero-order valence-corrected chi connectivity index (χ0v) is 20.2. The molecule has 172 valence electrons. The summed E-state index contributed by atoms with van der Waals surface area (Å²) in [5, 5.41) is 3.97. The molecule has 0 N–H and O–H groups in total. The summed E-state index contributed by atoms with van der Waals surface area (Å²) in [6.45, 7) is 7.07. The summed E-state index contributed by atoms with van der Waals surface area (Å²) >= 11 is 1.23. The van der Waals surface area contributed by atoms with E-state index in [0.717, 1.165) is 39.7 Å². The predicted molar refractivity (Wildman–Crippen MR) is 123 cm³/mol. The number of rotatable bonds is 5. The minimum absolute atomic E-state index is 0. The van der Waals surface area contributed by atoms with Crippen molar-refractivity contribution in [3.05, 3.63) is 47.2 Å². The van der Waals surface area contributed by atoms with Crippen LogP contribution in [0.15, 0.2) is 39.1 Å². The van der Waals surface area contributed by atoms with Gasteiger partial charge in [0.1, 0.15) is 4.21 Å². The van der Waals surface area contributed by atoms with Crippen LogP contribution >= 0.6 is 23.7 Å². The molecular formula is C21H24ClN3O5S2. The Balaban J connectivity index is 0.00000245. The molecule has 2 aliphatic rings. The van der Waals surface area contributed by atoms with Crippen molar-refractivity contribution in [2.24, 2.45) is 0 Å². The molecule has 4 heterocycles. The van der Waals surface area contributed by atoms with Gasteiger partial charge in [-0.2, -0.15) is 4.31 Å². The van der Waals surface area contributed by atoms with Gasteiger partial charge in [0.15, 0.2) is 17.3 Å². The van der Waals surface area contributed by atoms with Gasteiger partial charge in [-0.05, 0) is 43.7 Å². The van der Waals surface area contributed by atoms with Crippen LogP contribution in [0.5, 0.6) is 11.5 Å². The van der Waals surface area contributed by atoms with Crippen LogP contribution in [0.2, 0.25) is 0 Å². The lowest BCUT2D eigenvalue weighted by molar-refractivity contribution is 0.173. The van der Waals surface area contributed by atoms with E-state index >= 15 is 0 Å². The Morgan fingerprint density at radius 2 is 1.78 bits per heavy atom. The third kappa shape index (κ3) is 4.25. The number of fused-ring (bicyclic) bond motifs is 1. The number of hydrogen-bond donors (Lipinski definition) is 0. The summed E-state index contributed by atoms with van der Waals surface area (Å²) in [6, 6.07) is 9.39. The number of ether oxygens (including phenoxy) is 2. The Hall–Kier alpha value is -2.11. The molecule has 0 amide bonds. The van der Waals surface area contributed by atoms with E-state index < -0.39 is 10.0 Å². The van der Waals surface area contributed by atoms with Crippen molar-refractivity contribution in [2.75, 3.05) is 33.0 Å². The van der Waals surface area contributed by atoms with Crippen LogP contribution in [0.1, 0.15) is 16.8 Å². The van der Waals surface area contributed by atoms with Gasteiger partial charge < -0.3 is 14.0 Å². The third-order valence-corrected chi connectivity index (χ3v) is 9.18. The van der Waals surface area contributed by atoms with Crippen molar-refractivity contribution in [3.8, 4) is 22.1 Å². The number of thiophene rings is 1. The van der Waals surface area contributed by atoms with Gasteiger partial charge in [-0.3, -0.25) is 4.90 Å². The quantitative estimate of drug-likeness (QED) is 0.531. The van der Waals surface area contributed by atoms with Crippen molar-refractivity contribution in [2.45, 2.75) is 24.6 Å². The third-order valence-electron chi connectivity index (χ3n) is 5.73. The molecule has 0 atom stereocenters. The Kier molecular flexibility index (Phi) is 6.51. The molecule has 5 rings (SSSR count). The van der Waals surface area contributed by atoms with Crippen molar-refractivity contribution in [1.29, 1.82) is 0 Å². The predicted octanol–water partition coefficient (Wildman–Crippen LogP) is 3.68. The van der Waals surface area contributed by atoms with Gasteiger partial charge >= 0.3 is 0 Å². The number of nitrogens with zero attached hydrogens (tertiary/aromatic N) is 3. The summed E-state index contributed by atoms with van der Waals surface area (Å²) in [6.07, 6.45) is 0. The van der Waals surface area contributed by atoms with E-state index in [1.165, 1.54) is 11.3 Å². The van der Waals surface area contributed by atoms with Gasteiger partial charge in [0.25, 0.3) is 10.0 Å². The number of sulfonamides is 1. The molecule has 8 nitrogen and oxygen atoms in total. The average Bonchev–Trinajstić information content (AvgIpc) is 3.49. The van der Waals surface area contributed by atoms with E-state index in [9.17, 15) is 8.42 Å². The SMILES string of the molecule is Cc1noc(-c2ccc(S(=O)(=O)N3CCN(Cc4ccc5c(c4)OCO5)CC3)s2)c1C.Cl. The largest absolute Gasteiger partial charge is 0.454 e. The highest BCUT2D eigenvalue weighted by atomic mass is 35.5. The normalized spacial score (nSPS) is 16.8. The Bertz CT molecular complexity index is 1220. The van der Waals surface area contributed by atoms with E-state index in [-0.39, 0.29) is 19.2 Å². The second-order valence-electron chi connectivity index (χ2n) is 7.71. The first-order valence-corrected chi connectivity index (χ1v) is 12.3. The van der Waals surface area contributed by atoms with Crippen LogP contribution in [-0.4, -0.2) is 55.8 Å². The van der Waals surface area contributed by atoms with Gasteiger partial charge in [0.2, 0.25) is 6.79 Å². The van der Waals surface area contributed by atoms with Crippen molar-refractivity contribution < 1.29 is 22.4 Å². The lowest BCUT2D eigenvalue weighted by Gasteiger charge is -2.33. The fourth-order valence-electron chi connectivity index (χ4n) is 3.78. The highest BCUT2D eigenvalue weighted by Gasteiger charge is 2.30. The summed E-state index contributed by atoms with van der Waals surface area (Å²) in [4.78, 5) is 3.03. The van der Waals surface area contributed by atoms with Crippen LogP contribution in [0.4, 0.5) is 0 Å². The first-order chi connectivity index (χ1) is 14.9. The molecule has 1 saturated heterocycles. The zero-order valence-electron chi connectivity index (χ0n) is 17.7. The van der Waals surface area contributed by atoms with Gasteiger partial charge in [0, 0.05) is 38.3 Å². The number of benzene rings is 1. The van der Waals surface area contributed by atoms with E-state index in [1.54, 1.807) is 16.4 Å². The summed E-state index contributed by atoms with van der Waals surface area (Å²) in [5.41, 5.74) is 2.87. The second-order valence-corrected chi connectivity index (χ2v) is 11.0. The minimum Gasteiger partial charge on any atom is -0.454 e.